The Bertz CT molecular complexity index is 669. The van der Waals surface area contributed by atoms with Gasteiger partial charge in [0.1, 0.15) is 5.75 Å². The Balaban J connectivity index is 1.79. The topological polar surface area (TPSA) is 62.4 Å². The number of rotatable bonds is 8. The van der Waals surface area contributed by atoms with E-state index in [0.717, 1.165) is 30.1 Å². The van der Waals surface area contributed by atoms with Crippen molar-refractivity contribution in [1.82, 2.24) is 10.6 Å². The number of nitrogens with one attached hydrogen (secondary N) is 3. The molecule has 134 valence electrons. The summed E-state index contributed by atoms with van der Waals surface area (Å²) in [7, 11) is 0. The summed E-state index contributed by atoms with van der Waals surface area (Å²) in [4.78, 5) is 11.7. The SMILES string of the molecule is CCOc1cccc(CNCc2ccc(NC(=O)NC(C)C)cc2)c1. The standard InChI is InChI=1S/C20H27N3O2/c1-4-25-19-7-5-6-17(12-19)14-21-13-16-8-10-18(11-9-16)23-20(24)22-15(2)3/h5-12,15,21H,4,13-14H2,1-3H3,(H2,22,23,24). The van der Waals surface area contributed by atoms with Gasteiger partial charge in [0.05, 0.1) is 6.61 Å². The molecule has 0 heterocycles. The maximum atomic E-state index is 11.7. The largest absolute Gasteiger partial charge is 0.494 e. The third kappa shape index (κ3) is 6.85. The molecule has 2 aromatic carbocycles. The van der Waals surface area contributed by atoms with Gasteiger partial charge in [-0.25, -0.2) is 4.79 Å². The number of hydrogen-bond donors (Lipinski definition) is 3. The first-order chi connectivity index (χ1) is 12.1. The molecule has 0 radical (unpaired) electrons. The van der Waals surface area contributed by atoms with E-state index in [1.54, 1.807) is 0 Å². The van der Waals surface area contributed by atoms with Crippen molar-refractivity contribution in [3.05, 3.63) is 59.7 Å². The average Bonchev–Trinajstić information content (AvgIpc) is 2.56. The minimum Gasteiger partial charge on any atom is -0.494 e. The van der Waals surface area contributed by atoms with Gasteiger partial charge in [-0.1, -0.05) is 24.3 Å². The van der Waals surface area contributed by atoms with E-state index in [-0.39, 0.29) is 12.1 Å². The van der Waals surface area contributed by atoms with Crippen molar-refractivity contribution in [3.63, 3.8) is 0 Å². The van der Waals surface area contributed by atoms with Crippen molar-refractivity contribution in [1.29, 1.82) is 0 Å². The van der Waals surface area contributed by atoms with Gasteiger partial charge >= 0.3 is 6.03 Å². The summed E-state index contributed by atoms with van der Waals surface area (Å²) in [5.41, 5.74) is 3.14. The molecule has 0 aliphatic heterocycles. The molecular formula is C20H27N3O2. The van der Waals surface area contributed by atoms with Gasteiger partial charge in [-0.3, -0.25) is 0 Å². The van der Waals surface area contributed by atoms with E-state index in [2.05, 4.69) is 28.1 Å². The first-order valence-electron chi connectivity index (χ1n) is 8.65. The summed E-state index contributed by atoms with van der Waals surface area (Å²) in [5, 5.41) is 9.03. The van der Waals surface area contributed by atoms with Gasteiger partial charge in [-0.2, -0.15) is 0 Å². The highest BCUT2D eigenvalue weighted by molar-refractivity contribution is 5.89. The number of ether oxygens (including phenoxy) is 1. The van der Waals surface area contributed by atoms with Gasteiger partial charge in [0.15, 0.2) is 0 Å². The van der Waals surface area contributed by atoms with Crippen LogP contribution in [0.15, 0.2) is 48.5 Å². The molecule has 0 fully saturated rings. The van der Waals surface area contributed by atoms with Crippen LogP contribution in [0.5, 0.6) is 5.75 Å². The molecule has 2 amide bonds. The van der Waals surface area contributed by atoms with Crippen LogP contribution in [0.2, 0.25) is 0 Å². The quantitative estimate of drug-likeness (QED) is 0.682. The molecule has 0 aliphatic rings. The lowest BCUT2D eigenvalue weighted by Gasteiger charge is -2.11. The van der Waals surface area contributed by atoms with Crippen LogP contribution in [0.3, 0.4) is 0 Å². The molecule has 25 heavy (non-hydrogen) atoms. The van der Waals surface area contributed by atoms with Gasteiger partial charge in [0.25, 0.3) is 0 Å². The molecule has 2 rings (SSSR count). The molecule has 2 aromatic rings. The molecule has 0 unspecified atom stereocenters. The van der Waals surface area contributed by atoms with Gasteiger partial charge in [-0.15, -0.1) is 0 Å². The second-order valence-electron chi connectivity index (χ2n) is 6.13. The van der Waals surface area contributed by atoms with Gasteiger partial charge in [-0.05, 0) is 56.2 Å². The normalized spacial score (nSPS) is 10.6. The molecule has 0 spiro atoms. The van der Waals surface area contributed by atoms with Gasteiger partial charge < -0.3 is 20.7 Å². The number of benzene rings is 2. The molecule has 0 aliphatic carbocycles. The van der Waals surface area contributed by atoms with Crippen LogP contribution in [0.25, 0.3) is 0 Å². The summed E-state index contributed by atoms with van der Waals surface area (Å²) in [6.45, 7) is 8.05. The maximum absolute atomic E-state index is 11.7. The first kappa shape index (κ1) is 18.8. The van der Waals surface area contributed by atoms with E-state index >= 15 is 0 Å². The summed E-state index contributed by atoms with van der Waals surface area (Å²) in [5.74, 6) is 0.900. The fourth-order valence-corrected chi connectivity index (χ4v) is 2.40. The van der Waals surface area contributed by atoms with Crippen molar-refractivity contribution in [3.8, 4) is 5.75 Å². The highest BCUT2D eigenvalue weighted by Gasteiger charge is 2.03. The van der Waals surface area contributed by atoms with Gasteiger partial charge in [0.2, 0.25) is 0 Å². The summed E-state index contributed by atoms with van der Waals surface area (Å²) < 4.78 is 5.51. The van der Waals surface area contributed by atoms with Crippen molar-refractivity contribution >= 4 is 11.7 Å². The van der Waals surface area contributed by atoms with Crippen LogP contribution in [0, 0.1) is 0 Å². The molecule has 5 nitrogen and oxygen atoms in total. The molecule has 0 saturated carbocycles. The van der Waals surface area contributed by atoms with Crippen LogP contribution in [-0.4, -0.2) is 18.7 Å². The Morgan fingerprint density at radius 3 is 2.44 bits per heavy atom. The van der Waals surface area contributed by atoms with Gasteiger partial charge in [0, 0.05) is 24.8 Å². The molecular weight excluding hydrogens is 314 g/mol. The number of hydrogen-bond acceptors (Lipinski definition) is 3. The zero-order chi connectivity index (χ0) is 18.1. The number of amides is 2. The van der Waals surface area contributed by atoms with E-state index in [1.807, 2.05) is 57.2 Å². The minimum absolute atomic E-state index is 0.115. The van der Waals surface area contributed by atoms with E-state index in [4.69, 9.17) is 4.74 Å². The molecule has 0 atom stereocenters. The second-order valence-corrected chi connectivity index (χ2v) is 6.13. The second kappa shape index (κ2) is 9.69. The lowest BCUT2D eigenvalue weighted by Crippen LogP contribution is -2.34. The van der Waals surface area contributed by atoms with Crippen molar-refractivity contribution < 1.29 is 9.53 Å². The molecule has 5 heteroatoms. The van der Waals surface area contributed by atoms with Crippen LogP contribution >= 0.6 is 0 Å². The van der Waals surface area contributed by atoms with E-state index in [0.29, 0.717) is 6.61 Å². The van der Waals surface area contributed by atoms with Crippen LogP contribution in [0.1, 0.15) is 31.9 Å². The van der Waals surface area contributed by atoms with Crippen molar-refractivity contribution in [2.45, 2.75) is 39.9 Å². The average molecular weight is 341 g/mol. The summed E-state index contributed by atoms with van der Waals surface area (Å²) >= 11 is 0. The van der Waals surface area contributed by atoms with E-state index in [9.17, 15) is 4.79 Å². The number of urea groups is 1. The Kier molecular flexibility index (Phi) is 7.29. The molecule has 0 bridgehead atoms. The highest BCUT2D eigenvalue weighted by Crippen LogP contribution is 2.14. The third-order valence-corrected chi connectivity index (χ3v) is 3.50. The first-order valence-corrected chi connectivity index (χ1v) is 8.65. The van der Waals surface area contributed by atoms with Crippen LogP contribution in [-0.2, 0) is 13.1 Å². The molecule has 0 aromatic heterocycles. The van der Waals surface area contributed by atoms with Crippen LogP contribution in [0.4, 0.5) is 10.5 Å². The fourth-order valence-electron chi connectivity index (χ4n) is 2.40. The van der Waals surface area contributed by atoms with Crippen molar-refractivity contribution in [2.75, 3.05) is 11.9 Å². The maximum Gasteiger partial charge on any atom is 0.319 e. The predicted molar refractivity (Wildman–Crippen MR) is 102 cm³/mol. The number of anilines is 1. The van der Waals surface area contributed by atoms with E-state index in [1.165, 1.54) is 5.56 Å². The number of carbonyl (C=O) groups excluding carboxylic acids is 1. The smallest absolute Gasteiger partial charge is 0.319 e. The van der Waals surface area contributed by atoms with Crippen molar-refractivity contribution in [2.24, 2.45) is 0 Å². The fraction of sp³-hybridized carbons (Fsp3) is 0.350. The number of carbonyl (C=O) groups is 1. The minimum atomic E-state index is -0.185. The zero-order valence-corrected chi connectivity index (χ0v) is 15.1. The zero-order valence-electron chi connectivity index (χ0n) is 15.1. The summed E-state index contributed by atoms with van der Waals surface area (Å²) in [6, 6.07) is 15.9. The van der Waals surface area contributed by atoms with Crippen LogP contribution < -0.4 is 20.7 Å². The molecule has 0 saturated heterocycles. The monoisotopic (exact) mass is 341 g/mol. The highest BCUT2D eigenvalue weighted by atomic mass is 16.5. The Labute approximate surface area is 149 Å². The van der Waals surface area contributed by atoms with E-state index < -0.39 is 0 Å². The lowest BCUT2D eigenvalue weighted by atomic mass is 10.2. The Morgan fingerprint density at radius 1 is 1.04 bits per heavy atom. The predicted octanol–water partition coefficient (Wildman–Crippen LogP) is 3.91. The Hall–Kier alpha value is -2.53. The Morgan fingerprint density at radius 2 is 1.76 bits per heavy atom. The molecule has 3 N–H and O–H groups in total. The third-order valence-electron chi connectivity index (χ3n) is 3.50. The lowest BCUT2D eigenvalue weighted by molar-refractivity contribution is 0.250. The summed E-state index contributed by atoms with van der Waals surface area (Å²) in [6.07, 6.45) is 0.